The van der Waals surface area contributed by atoms with Crippen molar-refractivity contribution in [2.75, 3.05) is 18.9 Å². The van der Waals surface area contributed by atoms with Gasteiger partial charge in [-0.25, -0.2) is 22.6 Å². The van der Waals surface area contributed by atoms with Crippen LogP contribution in [-0.2, 0) is 14.8 Å². The number of nitrogens with zero attached hydrogens (tertiary/aromatic N) is 1. The average molecular weight is 511 g/mol. The third-order valence-electron chi connectivity index (χ3n) is 5.17. The summed E-state index contributed by atoms with van der Waals surface area (Å²) in [5.74, 6) is -3.30. The molecule has 1 atom stereocenters. The predicted octanol–water partition coefficient (Wildman–Crippen LogP) is 4.73. The van der Waals surface area contributed by atoms with Crippen LogP contribution in [0.1, 0.15) is 28.9 Å². The fourth-order valence-electron chi connectivity index (χ4n) is 3.63. The summed E-state index contributed by atoms with van der Waals surface area (Å²) in [6.07, 6.45) is 0.108. The molecular formula is C22H17ClF2N2O6S. The molecule has 178 valence electrons. The molecule has 8 nitrogen and oxygen atoms in total. The van der Waals surface area contributed by atoms with E-state index in [1.807, 2.05) is 0 Å². The number of ether oxygens (including phenoxy) is 3. The molecule has 12 heteroatoms. The smallest absolute Gasteiger partial charge is 0.338 e. The van der Waals surface area contributed by atoms with Gasteiger partial charge in [-0.3, -0.25) is 4.72 Å². The van der Waals surface area contributed by atoms with E-state index in [1.54, 1.807) is 0 Å². The summed E-state index contributed by atoms with van der Waals surface area (Å²) in [5, 5.41) is -0.178. The van der Waals surface area contributed by atoms with Crippen molar-refractivity contribution in [1.82, 2.24) is 4.98 Å². The van der Waals surface area contributed by atoms with Crippen LogP contribution < -0.4 is 14.2 Å². The molecule has 0 saturated heterocycles. The summed E-state index contributed by atoms with van der Waals surface area (Å²) in [6.45, 7) is 1.48. The van der Waals surface area contributed by atoms with E-state index in [0.717, 1.165) is 24.4 Å². The summed E-state index contributed by atoms with van der Waals surface area (Å²) in [5.41, 5.74) is 0.0784. The van der Waals surface area contributed by atoms with E-state index in [0.29, 0.717) is 0 Å². The number of hydrogen-bond acceptors (Lipinski definition) is 7. The van der Waals surface area contributed by atoms with Crippen LogP contribution in [0.5, 0.6) is 11.5 Å². The van der Waals surface area contributed by atoms with Gasteiger partial charge in [-0.1, -0.05) is 11.6 Å². The summed E-state index contributed by atoms with van der Waals surface area (Å²) < 4.78 is 73.5. The number of esters is 1. The summed E-state index contributed by atoms with van der Waals surface area (Å²) in [4.78, 5) is 16.0. The second-order valence-electron chi connectivity index (χ2n) is 7.28. The number of carbonyl (C=O) groups excluding carboxylic acids is 1. The van der Waals surface area contributed by atoms with Crippen molar-refractivity contribution in [1.29, 1.82) is 0 Å². The van der Waals surface area contributed by atoms with E-state index in [2.05, 4.69) is 9.71 Å². The largest absolute Gasteiger partial charge is 0.494 e. The number of fused-ring (bicyclic) bond motifs is 6. The Morgan fingerprint density at radius 1 is 1.06 bits per heavy atom. The SMILES string of the molecule is COc1c(F)cc2cc1NS(=O)(=O)c1cc(cc(Cl)c1OC)C(=O)OC(C)c1cc(F)ncc1-2. The molecule has 3 aromatic rings. The molecule has 1 N–H and O–H groups in total. The van der Waals surface area contributed by atoms with Gasteiger partial charge in [0, 0.05) is 23.4 Å². The molecule has 1 aliphatic heterocycles. The van der Waals surface area contributed by atoms with Gasteiger partial charge in [0.05, 0.1) is 30.5 Å². The zero-order valence-electron chi connectivity index (χ0n) is 18.0. The third-order valence-corrected chi connectivity index (χ3v) is 6.82. The number of anilines is 1. The zero-order valence-corrected chi connectivity index (χ0v) is 19.6. The van der Waals surface area contributed by atoms with Crippen molar-refractivity contribution in [2.45, 2.75) is 17.9 Å². The van der Waals surface area contributed by atoms with Crippen LogP contribution in [0.3, 0.4) is 0 Å². The Labute approximate surface area is 198 Å². The first-order valence-corrected chi connectivity index (χ1v) is 11.6. The topological polar surface area (TPSA) is 104 Å². The predicted molar refractivity (Wildman–Crippen MR) is 119 cm³/mol. The number of benzene rings is 2. The molecule has 34 heavy (non-hydrogen) atoms. The maximum Gasteiger partial charge on any atom is 0.338 e. The molecular weight excluding hydrogens is 494 g/mol. The van der Waals surface area contributed by atoms with Crippen LogP contribution in [0.15, 0.2) is 41.4 Å². The van der Waals surface area contributed by atoms with Gasteiger partial charge in [0.1, 0.15) is 11.0 Å². The van der Waals surface area contributed by atoms with Crippen LogP contribution >= 0.6 is 11.6 Å². The van der Waals surface area contributed by atoms with Gasteiger partial charge >= 0.3 is 5.97 Å². The maximum atomic E-state index is 15.0. The van der Waals surface area contributed by atoms with Gasteiger partial charge in [-0.2, -0.15) is 4.39 Å². The summed E-state index contributed by atoms with van der Waals surface area (Å²) in [7, 11) is -2.11. The number of nitrogens with one attached hydrogen (secondary N) is 1. The molecule has 0 aliphatic carbocycles. The van der Waals surface area contributed by atoms with Crippen molar-refractivity contribution >= 4 is 33.3 Å². The third kappa shape index (κ3) is 4.12. The van der Waals surface area contributed by atoms with Crippen LogP contribution in [-0.4, -0.2) is 33.6 Å². The number of hydrogen-bond donors (Lipinski definition) is 1. The molecule has 2 heterocycles. The quantitative estimate of drug-likeness (QED) is 0.392. The number of sulfonamides is 1. The number of pyridine rings is 1. The molecule has 0 saturated carbocycles. The molecule has 1 aromatic heterocycles. The number of methoxy groups -OCH3 is 2. The normalized spacial score (nSPS) is 16.6. The van der Waals surface area contributed by atoms with Gasteiger partial charge in [0.2, 0.25) is 5.95 Å². The van der Waals surface area contributed by atoms with Gasteiger partial charge in [-0.15, -0.1) is 0 Å². The lowest BCUT2D eigenvalue weighted by atomic mass is 9.98. The van der Waals surface area contributed by atoms with Crippen molar-refractivity contribution in [3.8, 4) is 22.6 Å². The monoisotopic (exact) mass is 510 g/mol. The molecule has 0 radical (unpaired) electrons. The van der Waals surface area contributed by atoms with Crippen LogP contribution in [0.25, 0.3) is 11.1 Å². The van der Waals surface area contributed by atoms with Gasteiger partial charge < -0.3 is 14.2 Å². The molecule has 2 aromatic carbocycles. The zero-order chi connectivity index (χ0) is 24.8. The lowest BCUT2D eigenvalue weighted by molar-refractivity contribution is 0.0337. The highest BCUT2D eigenvalue weighted by molar-refractivity contribution is 7.92. The summed E-state index contributed by atoms with van der Waals surface area (Å²) in [6, 6.07) is 5.61. The number of carbonyl (C=O) groups is 1. The molecule has 4 rings (SSSR count). The average Bonchev–Trinajstić information content (AvgIpc) is 2.77. The minimum absolute atomic E-state index is 0.136. The first-order chi connectivity index (χ1) is 16.1. The van der Waals surface area contributed by atoms with E-state index in [1.165, 1.54) is 33.3 Å². The Kier molecular flexibility index (Phi) is 6.09. The van der Waals surface area contributed by atoms with Crippen LogP contribution in [0.2, 0.25) is 5.02 Å². The van der Waals surface area contributed by atoms with Crippen molar-refractivity contribution in [2.24, 2.45) is 0 Å². The second-order valence-corrected chi connectivity index (χ2v) is 9.33. The highest BCUT2D eigenvalue weighted by Gasteiger charge is 2.29. The fourth-order valence-corrected chi connectivity index (χ4v) is 5.25. The number of cyclic esters (lactones) is 1. The van der Waals surface area contributed by atoms with Gasteiger partial charge in [0.25, 0.3) is 10.0 Å². The van der Waals surface area contributed by atoms with Crippen LogP contribution in [0.4, 0.5) is 14.5 Å². The Bertz CT molecular complexity index is 1430. The highest BCUT2D eigenvalue weighted by Crippen LogP contribution is 2.40. The number of rotatable bonds is 2. The van der Waals surface area contributed by atoms with Crippen molar-refractivity contribution in [3.05, 3.63) is 64.4 Å². The molecule has 1 aliphatic rings. The number of halogens is 3. The molecule has 0 amide bonds. The minimum Gasteiger partial charge on any atom is -0.494 e. The Balaban J connectivity index is 2.08. The lowest BCUT2D eigenvalue weighted by Gasteiger charge is -2.18. The van der Waals surface area contributed by atoms with Crippen LogP contribution in [0, 0.1) is 11.8 Å². The summed E-state index contributed by atoms with van der Waals surface area (Å²) >= 11 is 6.19. The second kappa shape index (κ2) is 8.73. The Hall–Kier alpha value is -3.44. The Morgan fingerprint density at radius 3 is 2.44 bits per heavy atom. The maximum absolute atomic E-state index is 15.0. The van der Waals surface area contributed by atoms with Gasteiger partial charge in [0.15, 0.2) is 17.3 Å². The molecule has 1 unspecified atom stereocenters. The van der Waals surface area contributed by atoms with E-state index < -0.39 is 38.8 Å². The van der Waals surface area contributed by atoms with Gasteiger partial charge in [-0.05, 0) is 36.8 Å². The molecule has 0 fully saturated rings. The van der Waals surface area contributed by atoms with E-state index in [-0.39, 0.29) is 44.5 Å². The lowest BCUT2D eigenvalue weighted by Crippen LogP contribution is -2.17. The van der Waals surface area contributed by atoms with E-state index >= 15 is 0 Å². The van der Waals surface area contributed by atoms with Crippen molar-refractivity contribution in [3.63, 3.8) is 0 Å². The van der Waals surface area contributed by atoms with E-state index in [4.69, 9.17) is 25.8 Å². The molecule has 4 bridgehead atoms. The molecule has 0 spiro atoms. The Morgan fingerprint density at radius 2 is 1.76 bits per heavy atom. The first kappa shape index (κ1) is 23.7. The van der Waals surface area contributed by atoms with Crippen molar-refractivity contribution < 1.29 is 36.2 Å². The standard InChI is InChI=1S/C22H17ClF2N2O6S/c1-10-13-8-19(25)26-9-14(13)11-5-16(24)21(32-3)17(6-11)27-34(29,30)18-7-12(22(28)33-10)4-15(23)20(18)31-2/h4-10,27H,1-3H3. The minimum atomic E-state index is -4.48. The van der Waals surface area contributed by atoms with E-state index in [9.17, 15) is 22.0 Å². The number of aromatic nitrogens is 1. The fraction of sp³-hybridized carbons (Fsp3) is 0.182. The highest BCUT2D eigenvalue weighted by atomic mass is 35.5. The first-order valence-electron chi connectivity index (χ1n) is 9.70.